The minimum Gasteiger partial charge on any atom is -0.379 e. The van der Waals surface area contributed by atoms with Gasteiger partial charge in [-0.05, 0) is 55.2 Å². The van der Waals surface area contributed by atoms with E-state index >= 15 is 0 Å². The highest BCUT2D eigenvalue weighted by Gasteiger charge is 2.15. The summed E-state index contributed by atoms with van der Waals surface area (Å²) in [5.74, 6) is 0. The van der Waals surface area contributed by atoms with Crippen molar-refractivity contribution in [3.8, 4) is 0 Å². The molecule has 0 aromatic heterocycles. The average molecular weight is 377 g/mol. The lowest BCUT2D eigenvalue weighted by Gasteiger charge is -2.31. The van der Waals surface area contributed by atoms with Crippen LogP contribution in [-0.4, -0.2) is 38.4 Å². The third-order valence-corrected chi connectivity index (χ3v) is 4.97. The Morgan fingerprint density at radius 3 is 2.79 bits per heavy atom. The van der Waals surface area contributed by atoms with E-state index in [-0.39, 0.29) is 0 Å². The molecule has 1 aromatic carbocycles. The van der Waals surface area contributed by atoms with Crippen LogP contribution >= 0.6 is 0 Å². The number of allylic oxidation sites excluding steroid dienone is 5. The van der Waals surface area contributed by atoms with Crippen LogP contribution in [0, 0.1) is 6.92 Å². The summed E-state index contributed by atoms with van der Waals surface area (Å²) in [5.41, 5.74) is 7.24. The highest BCUT2D eigenvalue weighted by molar-refractivity contribution is 6.12. The number of hydrogen-bond acceptors (Lipinski definition) is 4. The highest BCUT2D eigenvalue weighted by atomic mass is 15.2. The Kier molecular flexibility index (Phi) is 7.26. The van der Waals surface area contributed by atoms with Crippen LogP contribution in [0.1, 0.15) is 25.8 Å². The van der Waals surface area contributed by atoms with E-state index in [0.29, 0.717) is 0 Å². The summed E-state index contributed by atoms with van der Waals surface area (Å²) in [6.07, 6.45) is 13.6. The zero-order chi connectivity index (χ0) is 19.8. The first kappa shape index (κ1) is 20.2. The van der Waals surface area contributed by atoms with Gasteiger partial charge < -0.3 is 15.5 Å². The molecule has 4 nitrogen and oxygen atoms in total. The van der Waals surface area contributed by atoms with Gasteiger partial charge in [-0.25, -0.2) is 0 Å². The van der Waals surface area contributed by atoms with Crippen molar-refractivity contribution < 1.29 is 0 Å². The Hall–Kier alpha value is -2.59. The van der Waals surface area contributed by atoms with E-state index in [2.05, 4.69) is 76.9 Å². The summed E-state index contributed by atoms with van der Waals surface area (Å²) < 4.78 is 0. The van der Waals surface area contributed by atoms with E-state index in [1.807, 2.05) is 19.2 Å². The van der Waals surface area contributed by atoms with Gasteiger partial charge in [-0.3, -0.25) is 4.99 Å². The summed E-state index contributed by atoms with van der Waals surface area (Å²) >= 11 is 0. The van der Waals surface area contributed by atoms with Crippen LogP contribution in [0.3, 0.4) is 0 Å². The maximum atomic E-state index is 4.61. The van der Waals surface area contributed by atoms with Gasteiger partial charge in [0, 0.05) is 38.9 Å². The molecule has 0 unspecified atom stereocenters. The molecule has 0 radical (unpaired) electrons. The third-order valence-electron chi connectivity index (χ3n) is 4.97. The van der Waals surface area contributed by atoms with Gasteiger partial charge in [0.25, 0.3) is 0 Å². The fourth-order valence-electron chi connectivity index (χ4n) is 3.53. The van der Waals surface area contributed by atoms with Crippen LogP contribution in [0.4, 0.5) is 11.4 Å². The molecule has 148 valence electrons. The molecule has 1 fully saturated rings. The second-order valence-electron chi connectivity index (χ2n) is 7.23. The number of piperazine rings is 1. The van der Waals surface area contributed by atoms with E-state index in [4.69, 9.17) is 0 Å². The van der Waals surface area contributed by atoms with Gasteiger partial charge in [0.15, 0.2) is 0 Å². The van der Waals surface area contributed by atoms with Crippen molar-refractivity contribution in [3.05, 3.63) is 71.5 Å². The summed E-state index contributed by atoms with van der Waals surface area (Å²) in [7, 11) is 0. The van der Waals surface area contributed by atoms with Crippen molar-refractivity contribution in [2.75, 3.05) is 42.9 Å². The number of aliphatic imine (C=N–C) groups is 1. The molecule has 1 heterocycles. The van der Waals surface area contributed by atoms with Crippen LogP contribution < -0.4 is 15.5 Å². The van der Waals surface area contributed by atoms with Gasteiger partial charge in [-0.15, -0.1) is 0 Å². The van der Waals surface area contributed by atoms with Crippen LogP contribution in [0.5, 0.6) is 0 Å². The largest absolute Gasteiger partial charge is 0.379 e. The van der Waals surface area contributed by atoms with Crippen LogP contribution in [0.25, 0.3) is 0 Å². The van der Waals surface area contributed by atoms with Crippen LogP contribution in [0.2, 0.25) is 0 Å². The third kappa shape index (κ3) is 5.23. The smallest absolute Gasteiger partial charge is 0.0701 e. The summed E-state index contributed by atoms with van der Waals surface area (Å²) in [4.78, 5) is 7.07. The normalized spacial score (nSPS) is 20.2. The van der Waals surface area contributed by atoms with E-state index < -0.39 is 0 Å². The van der Waals surface area contributed by atoms with Crippen molar-refractivity contribution in [2.45, 2.75) is 27.2 Å². The molecule has 3 rings (SSSR count). The van der Waals surface area contributed by atoms with E-state index in [9.17, 15) is 0 Å². The monoisotopic (exact) mass is 376 g/mol. The predicted molar refractivity (Wildman–Crippen MR) is 123 cm³/mol. The van der Waals surface area contributed by atoms with Gasteiger partial charge in [0.2, 0.25) is 0 Å². The molecule has 2 N–H and O–H groups in total. The number of anilines is 2. The first-order valence-corrected chi connectivity index (χ1v) is 10.3. The number of rotatable bonds is 6. The van der Waals surface area contributed by atoms with Crippen molar-refractivity contribution in [2.24, 2.45) is 4.99 Å². The molecule has 0 saturated carbocycles. The van der Waals surface area contributed by atoms with Crippen molar-refractivity contribution in [3.63, 3.8) is 0 Å². The molecule has 0 amide bonds. The summed E-state index contributed by atoms with van der Waals surface area (Å²) in [6, 6.07) is 6.70. The van der Waals surface area contributed by atoms with E-state index in [1.54, 1.807) is 0 Å². The lowest BCUT2D eigenvalue weighted by Crippen LogP contribution is -2.43. The number of hydrogen-bond donors (Lipinski definition) is 2. The molecular formula is C24H32N4. The zero-order valence-electron chi connectivity index (χ0n) is 17.3. The Bertz CT molecular complexity index is 821. The Labute approximate surface area is 169 Å². The minimum atomic E-state index is 0.785. The van der Waals surface area contributed by atoms with Gasteiger partial charge in [0.05, 0.1) is 17.1 Å². The molecule has 0 spiro atoms. The SMILES string of the molecule is C\C=C/N=C1\C=C(CNc2cc(C)ccc2N2CCNCC2)C=C\C1=C/CC. The Morgan fingerprint density at radius 2 is 2.04 bits per heavy atom. The summed E-state index contributed by atoms with van der Waals surface area (Å²) in [5, 5.41) is 7.10. The van der Waals surface area contributed by atoms with Crippen molar-refractivity contribution in [1.29, 1.82) is 0 Å². The molecule has 0 atom stereocenters. The van der Waals surface area contributed by atoms with E-state index in [0.717, 1.165) is 44.9 Å². The quantitative estimate of drug-likeness (QED) is 0.761. The maximum Gasteiger partial charge on any atom is 0.0701 e. The molecule has 1 saturated heterocycles. The first-order chi connectivity index (χ1) is 13.7. The lowest BCUT2D eigenvalue weighted by molar-refractivity contribution is 0.589. The Balaban J connectivity index is 1.77. The number of nitrogens with one attached hydrogen (secondary N) is 2. The van der Waals surface area contributed by atoms with Crippen LogP contribution in [0.15, 0.2) is 70.9 Å². The maximum absolute atomic E-state index is 4.61. The number of benzene rings is 1. The second-order valence-corrected chi connectivity index (χ2v) is 7.23. The molecule has 0 bridgehead atoms. The molecule has 1 aliphatic carbocycles. The van der Waals surface area contributed by atoms with Crippen LogP contribution in [-0.2, 0) is 0 Å². The number of aryl methyl sites for hydroxylation is 1. The Morgan fingerprint density at radius 1 is 1.21 bits per heavy atom. The first-order valence-electron chi connectivity index (χ1n) is 10.3. The van der Waals surface area contributed by atoms with Crippen molar-refractivity contribution in [1.82, 2.24) is 5.32 Å². The average Bonchev–Trinajstić information content (AvgIpc) is 2.73. The van der Waals surface area contributed by atoms with Gasteiger partial charge >= 0.3 is 0 Å². The van der Waals surface area contributed by atoms with Gasteiger partial charge in [-0.2, -0.15) is 0 Å². The van der Waals surface area contributed by atoms with E-state index in [1.165, 1.54) is 28.1 Å². The molecule has 2 aliphatic rings. The zero-order valence-corrected chi connectivity index (χ0v) is 17.3. The minimum absolute atomic E-state index is 0.785. The fraction of sp³-hybridized carbons (Fsp3) is 0.375. The predicted octanol–water partition coefficient (Wildman–Crippen LogP) is 4.62. The second kappa shape index (κ2) is 10.1. The topological polar surface area (TPSA) is 39.7 Å². The molecule has 4 heteroatoms. The fourth-order valence-corrected chi connectivity index (χ4v) is 3.53. The molecule has 1 aliphatic heterocycles. The van der Waals surface area contributed by atoms with Gasteiger partial charge in [-0.1, -0.05) is 37.3 Å². The standard InChI is InChI=1S/C24H32N4/c1-4-6-21-9-8-20(17-22(21)26-11-5-2)18-27-23-16-19(3)7-10-24(23)28-14-12-25-13-15-28/h5-11,16-17,25,27H,4,12-15,18H2,1-3H3/b11-5-,21-6+,26-22+. The summed E-state index contributed by atoms with van der Waals surface area (Å²) in [6.45, 7) is 11.3. The molecule has 1 aromatic rings. The molecule has 28 heavy (non-hydrogen) atoms. The lowest BCUT2D eigenvalue weighted by atomic mass is 9.99. The van der Waals surface area contributed by atoms with Crippen molar-refractivity contribution >= 4 is 17.1 Å². The highest BCUT2D eigenvalue weighted by Crippen LogP contribution is 2.28. The number of nitrogens with zero attached hydrogens (tertiary/aromatic N) is 2. The van der Waals surface area contributed by atoms with Gasteiger partial charge in [0.1, 0.15) is 0 Å². The molecular weight excluding hydrogens is 344 g/mol.